The molecule has 0 aliphatic carbocycles. The summed E-state index contributed by atoms with van der Waals surface area (Å²) in [7, 11) is -3.48. The van der Waals surface area contributed by atoms with Crippen LogP contribution in [-0.2, 0) is 0 Å². The predicted octanol–water partition coefficient (Wildman–Crippen LogP) is 4.25. The molecule has 3 N–H and O–H groups in total. The highest BCUT2D eigenvalue weighted by Gasteiger charge is 2.61. The molecule has 2 aromatic rings. The second-order valence-corrected chi connectivity index (χ2v) is 7.49. The highest BCUT2D eigenvalue weighted by Crippen LogP contribution is 2.73. The Kier molecular flexibility index (Phi) is 4.28. The second-order valence-electron chi connectivity index (χ2n) is 5.41. The maximum absolute atomic E-state index is 14.0. The lowest BCUT2D eigenvalue weighted by Crippen LogP contribution is -2.26. The van der Waals surface area contributed by atoms with Crippen molar-refractivity contribution in [1.29, 1.82) is 5.26 Å². The highest BCUT2D eigenvalue weighted by molar-refractivity contribution is 8.25. The smallest absolute Gasteiger partial charge is 0.371 e. The fourth-order valence-electron chi connectivity index (χ4n) is 2.64. The van der Waals surface area contributed by atoms with Gasteiger partial charge in [0.2, 0.25) is 0 Å². The number of rotatable bonds is 3. The molecule has 6 nitrogen and oxygen atoms in total. The zero-order chi connectivity index (χ0) is 19.3. The van der Waals surface area contributed by atoms with Gasteiger partial charge in [0, 0.05) is 6.07 Å². The number of aliphatic hydroxyl groups is 1. The SMILES string of the molecule is COc1c(Oc2cc(F)cc(C#N)c2)ccc2c1C(O)C(F)(F)S2(O)O. The lowest BCUT2D eigenvalue weighted by Gasteiger charge is -2.34. The summed E-state index contributed by atoms with van der Waals surface area (Å²) in [5.74, 6) is -1.38. The van der Waals surface area contributed by atoms with E-state index in [0.717, 1.165) is 31.4 Å². The number of alkyl halides is 2. The third kappa shape index (κ3) is 2.57. The average molecular weight is 387 g/mol. The number of hydrogen-bond donors (Lipinski definition) is 3. The van der Waals surface area contributed by atoms with Crippen molar-refractivity contribution in [2.75, 3.05) is 7.11 Å². The van der Waals surface area contributed by atoms with Crippen LogP contribution in [0.15, 0.2) is 35.2 Å². The number of methoxy groups -OCH3 is 1. The molecule has 1 atom stereocenters. The summed E-state index contributed by atoms with van der Waals surface area (Å²) in [6.45, 7) is 0. The summed E-state index contributed by atoms with van der Waals surface area (Å²) >= 11 is 0. The fourth-order valence-corrected chi connectivity index (χ4v) is 4.13. The van der Waals surface area contributed by atoms with Crippen molar-refractivity contribution >= 4 is 10.6 Å². The first kappa shape index (κ1) is 18.3. The summed E-state index contributed by atoms with van der Waals surface area (Å²) < 4.78 is 71.6. The van der Waals surface area contributed by atoms with Gasteiger partial charge in [-0.3, -0.25) is 9.11 Å². The molecule has 26 heavy (non-hydrogen) atoms. The topological polar surface area (TPSA) is 103 Å². The molecule has 0 spiro atoms. The number of hydrogen-bond acceptors (Lipinski definition) is 6. The maximum Gasteiger partial charge on any atom is 0.371 e. The first-order valence-corrected chi connectivity index (χ1v) is 8.61. The summed E-state index contributed by atoms with van der Waals surface area (Å²) in [4.78, 5) is -0.559. The van der Waals surface area contributed by atoms with Gasteiger partial charge < -0.3 is 14.6 Å². The Morgan fingerprint density at radius 3 is 2.54 bits per heavy atom. The number of halogens is 3. The van der Waals surface area contributed by atoms with Gasteiger partial charge >= 0.3 is 5.25 Å². The van der Waals surface area contributed by atoms with Crippen LogP contribution in [0.5, 0.6) is 17.2 Å². The molecule has 2 aromatic carbocycles. The third-order valence-corrected chi connectivity index (χ3v) is 5.78. The van der Waals surface area contributed by atoms with E-state index in [2.05, 4.69) is 0 Å². The van der Waals surface area contributed by atoms with E-state index < -0.39 is 38.2 Å². The Hall–Kier alpha value is -2.45. The number of ether oxygens (including phenoxy) is 2. The molecule has 0 radical (unpaired) electrons. The third-order valence-electron chi connectivity index (χ3n) is 3.83. The van der Waals surface area contributed by atoms with Crippen molar-refractivity contribution in [3.8, 4) is 23.3 Å². The van der Waals surface area contributed by atoms with Gasteiger partial charge in [0.15, 0.2) is 17.6 Å². The average Bonchev–Trinajstić information content (AvgIpc) is 2.72. The van der Waals surface area contributed by atoms with Crippen LogP contribution < -0.4 is 9.47 Å². The quantitative estimate of drug-likeness (QED) is 0.728. The van der Waals surface area contributed by atoms with Crippen LogP contribution in [0.4, 0.5) is 13.2 Å². The molecule has 138 valence electrons. The van der Waals surface area contributed by atoms with Crippen LogP contribution in [0.2, 0.25) is 0 Å². The molecule has 1 heterocycles. The molecule has 0 saturated heterocycles. The van der Waals surface area contributed by atoms with E-state index in [9.17, 15) is 27.4 Å². The largest absolute Gasteiger partial charge is 0.492 e. The van der Waals surface area contributed by atoms with Gasteiger partial charge in [-0.05, 0) is 24.3 Å². The van der Waals surface area contributed by atoms with Crippen LogP contribution in [0.3, 0.4) is 0 Å². The first-order valence-electron chi connectivity index (χ1n) is 7.06. The lowest BCUT2D eigenvalue weighted by atomic mass is 10.1. The van der Waals surface area contributed by atoms with Crippen molar-refractivity contribution in [2.24, 2.45) is 0 Å². The van der Waals surface area contributed by atoms with Gasteiger partial charge in [-0.25, -0.2) is 4.39 Å². The van der Waals surface area contributed by atoms with Crippen molar-refractivity contribution in [2.45, 2.75) is 16.3 Å². The lowest BCUT2D eigenvalue weighted by molar-refractivity contribution is -0.0442. The van der Waals surface area contributed by atoms with Gasteiger partial charge in [0.1, 0.15) is 11.6 Å². The standard InChI is InChI=1S/C16H12F3NO5S/c1-24-14-11(25-10-5-8(7-20)4-9(17)6-10)2-3-12-13(14)15(21)16(18,19)26(12,22)23/h2-6,15,21-23H,1H3. The Morgan fingerprint density at radius 2 is 1.92 bits per heavy atom. The van der Waals surface area contributed by atoms with Crippen molar-refractivity contribution in [3.63, 3.8) is 0 Å². The van der Waals surface area contributed by atoms with E-state index >= 15 is 0 Å². The molecule has 1 aliphatic heterocycles. The van der Waals surface area contributed by atoms with Crippen molar-refractivity contribution in [1.82, 2.24) is 0 Å². The summed E-state index contributed by atoms with van der Waals surface area (Å²) in [5, 5.41) is 14.5. The summed E-state index contributed by atoms with van der Waals surface area (Å²) in [6.07, 6.45) is -2.52. The maximum atomic E-state index is 14.0. The van der Waals surface area contributed by atoms with Crippen LogP contribution in [0.25, 0.3) is 0 Å². The zero-order valence-electron chi connectivity index (χ0n) is 13.1. The van der Waals surface area contributed by atoms with Gasteiger partial charge in [-0.1, -0.05) is 0 Å². The van der Waals surface area contributed by atoms with E-state index in [1.54, 1.807) is 6.07 Å². The molecule has 0 aromatic heterocycles. The van der Waals surface area contributed by atoms with Gasteiger partial charge in [0.05, 0.1) is 29.2 Å². The van der Waals surface area contributed by atoms with Gasteiger partial charge in [0.25, 0.3) is 0 Å². The molecule has 0 fully saturated rings. The normalized spacial score (nSPS) is 20.8. The Labute approximate surface area is 147 Å². The monoisotopic (exact) mass is 387 g/mol. The van der Waals surface area contributed by atoms with Gasteiger partial charge in [-0.15, -0.1) is 10.6 Å². The Balaban J connectivity index is 2.12. The molecule has 10 heteroatoms. The van der Waals surface area contributed by atoms with Crippen LogP contribution in [0, 0.1) is 17.1 Å². The number of benzene rings is 2. The second kappa shape index (κ2) is 6.07. The van der Waals surface area contributed by atoms with Crippen LogP contribution in [0.1, 0.15) is 17.2 Å². The predicted molar refractivity (Wildman–Crippen MR) is 85.2 cm³/mol. The Morgan fingerprint density at radius 1 is 1.23 bits per heavy atom. The van der Waals surface area contributed by atoms with Crippen LogP contribution >= 0.6 is 10.6 Å². The van der Waals surface area contributed by atoms with Gasteiger partial charge in [-0.2, -0.15) is 14.0 Å². The molecule has 1 aliphatic rings. The minimum atomic E-state index is -4.59. The number of fused-ring (bicyclic) bond motifs is 1. The molecular formula is C16H12F3NO5S. The zero-order valence-corrected chi connectivity index (χ0v) is 13.9. The molecule has 0 bridgehead atoms. The fraction of sp³-hybridized carbons (Fsp3) is 0.188. The summed E-state index contributed by atoms with van der Waals surface area (Å²) in [6, 6.07) is 6.99. The minimum Gasteiger partial charge on any atom is -0.492 e. The highest BCUT2D eigenvalue weighted by atomic mass is 32.3. The molecule has 0 saturated carbocycles. The molecule has 0 amide bonds. The molecule has 3 rings (SSSR count). The van der Waals surface area contributed by atoms with Crippen molar-refractivity contribution < 1.29 is 36.9 Å². The number of aliphatic hydroxyl groups excluding tert-OH is 1. The molecule has 1 unspecified atom stereocenters. The van der Waals surface area contributed by atoms with Crippen molar-refractivity contribution in [3.05, 3.63) is 47.3 Å². The minimum absolute atomic E-state index is 0.0270. The van der Waals surface area contributed by atoms with E-state index in [0.29, 0.717) is 0 Å². The summed E-state index contributed by atoms with van der Waals surface area (Å²) in [5.41, 5.74) is -0.548. The first-order chi connectivity index (χ1) is 12.1. The van der Waals surface area contributed by atoms with E-state index in [4.69, 9.17) is 14.7 Å². The molecular weight excluding hydrogens is 375 g/mol. The Bertz CT molecular complexity index is 929. The van der Waals surface area contributed by atoms with E-state index in [1.807, 2.05) is 0 Å². The number of nitrogens with zero attached hydrogens (tertiary/aromatic N) is 1. The van der Waals surface area contributed by atoms with E-state index in [-0.39, 0.29) is 22.8 Å². The number of nitriles is 1. The van der Waals surface area contributed by atoms with E-state index in [1.165, 1.54) is 6.07 Å². The van der Waals surface area contributed by atoms with Crippen LogP contribution in [-0.4, -0.2) is 26.6 Å².